The van der Waals surface area contributed by atoms with Crippen LogP contribution >= 0.6 is 0 Å². The Morgan fingerprint density at radius 3 is 2.88 bits per heavy atom. The fourth-order valence-corrected chi connectivity index (χ4v) is 2.70. The van der Waals surface area contributed by atoms with Crippen molar-refractivity contribution in [3.05, 3.63) is 60.5 Å². The lowest BCUT2D eigenvalue weighted by molar-refractivity contribution is -0.117. The van der Waals surface area contributed by atoms with Gasteiger partial charge in [0.1, 0.15) is 18.0 Å². The largest absolute Gasteiger partial charge is 0.360 e. The van der Waals surface area contributed by atoms with Crippen LogP contribution in [-0.2, 0) is 11.3 Å². The van der Waals surface area contributed by atoms with Gasteiger partial charge in [-0.05, 0) is 17.7 Å². The standard InChI is InChI=1S/C18H15N5O2/c1-12-9-17(21-25-12)19-18(24)11-23-10-16(20-22-23)15-8-4-6-13-5-2-3-7-14(13)15/h2-10H,11H2,1H3,(H,19,21,24). The minimum absolute atomic E-state index is 0.0453. The molecule has 1 N–H and O–H groups in total. The highest BCUT2D eigenvalue weighted by Gasteiger charge is 2.11. The molecule has 0 atom stereocenters. The molecule has 7 heteroatoms. The lowest BCUT2D eigenvalue weighted by Gasteiger charge is -2.03. The van der Waals surface area contributed by atoms with E-state index in [4.69, 9.17) is 4.52 Å². The number of carbonyl (C=O) groups is 1. The van der Waals surface area contributed by atoms with E-state index in [2.05, 4.69) is 32.9 Å². The first-order valence-corrected chi connectivity index (χ1v) is 7.80. The summed E-state index contributed by atoms with van der Waals surface area (Å²) < 4.78 is 6.42. The number of hydrogen-bond acceptors (Lipinski definition) is 5. The zero-order valence-electron chi connectivity index (χ0n) is 13.5. The van der Waals surface area contributed by atoms with Crippen LogP contribution in [0.1, 0.15) is 5.76 Å². The van der Waals surface area contributed by atoms with E-state index in [-0.39, 0.29) is 12.5 Å². The monoisotopic (exact) mass is 333 g/mol. The minimum atomic E-state index is -0.248. The molecule has 0 spiro atoms. The highest BCUT2D eigenvalue weighted by molar-refractivity contribution is 5.95. The fourth-order valence-electron chi connectivity index (χ4n) is 2.70. The maximum Gasteiger partial charge on any atom is 0.247 e. The van der Waals surface area contributed by atoms with Gasteiger partial charge in [0, 0.05) is 11.6 Å². The molecule has 2 heterocycles. The van der Waals surface area contributed by atoms with Gasteiger partial charge in [-0.15, -0.1) is 5.10 Å². The lowest BCUT2D eigenvalue weighted by Crippen LogP contribution is -2.19. The third kappa shape index (κ3) is 3.12. The summed E-state index contributed by atoms with van der Waals surface area (Å²) in [4.78, 5) is 12.1. The zero-order valence-corrected chi connectivity index (χ0v) is 13.5. The molecule has 0 saturated heterocycles. The Balaban J connectivity index is 1.54. The summed E-state index contributed by atoms with van der Waals surface area (Å²) >= 11 is 0. The van der Waals surface area contributed by atoms with Crippen molar-refractivity contribution in [1.82, 2.24) is 20.2 Å². The van der Waals surface area contributed by atoms with Gasteiger partial charge in [0.15, 0.2) is 5.82 Å². The third-order valence-electron chi connectivity index (χ3n) is 3.81. The highest BCUT2D eigenvalue weighted by atomic mass is 16.5. The molecule has 0 bridgehead atoms. The molecule has 0 aliphatic rings. The van der Waals surface area contributed by atoms with Gasteiger partial charge in [-0.3, -0.25) is 4.79 Å². The number of aryl methyl sites for hydroxylation is 1. The van der Waals surface area contributed by atoms with E-state index in [1.165, 1.54) is 4.68 Å². The van der Waals surface area contributed by atoms with E-state index in [0.29, 0.717) is 11.6 Å². The first-order chi connectivity index (χ1) is 12.2. The maximum absolute atomic E-state index is 12.1. The Morgan fingerprint density at radius 1 is 1.20 bits per heavy atom. The van der Waals surface area contributed by atoms with E-state index in [1.54, 1.807) is 19.2 Å². The summed E-state index contributed by atoms with van der Waals surface area (Å²) in [5.41, 5.74) is 1.71. The van der Waals surface area contributed by atoms with Crippen LogP contribution in [0.15, 0.2) is 59.3 Å². The topological polar surface area (TPSA) is 85.8 Å². The van der Waals surface area contributed by atoms with E-state index >= 15 is 0 Å². The van der Waals surface area contributed by atoms with Crippen molar-refractivity contribution < 1.29 is 9.32 Å². The van der Waals surface area contributed by atoms with Gasteiger partial charge >= 0.3 is 0 Å². The second kappa shape index (κ2) is 6.20. The molecule has 2 aromatic heterocycles. The lowest BCUT2D eigenvalue weighted by atomic mass is 10.0. The Bertz CT molecular complexity index is 1050. The minimum Gasteiger partial charge on any atom is -0.360 e. The Hall–Kier alpha value is -3.48. The van der Waals surface area contributed by atoms with Crippen LogP contribution in [-0.4, -0.2) is 26.1 Å². The molecule has 124 valence electrons. The van der Waals surface area contributed by atoms with Crippen LogP contribution in [0.4, 0.5) is 5.82 Å². The molecule has 0 radical (unpaired) electrons. The van der Waals surface area contributed by atoms with Crippen LogP contribution in [0.25, 0.3) is 22.0 Å². The molecule has 0 unspecified atom stereocenters. The normalized spacial score (nSPS) is 10.9. The molecule has 4 rings (SSSR count). The molecule has 2 aromatic carbocycles. The summed E-state index contributed by atoms with van der Waals surface area (Å²) in [6.45, 7) is 1.81. The van der Waals surface area contributed by atoms with Crippen molar-refractivity contribution in [1.29, 1.82) is 0 Å². The number of carbonyl (C=O) groups excluding carboxylic acids is 1. The van der Waals surface area contributed by atoms with E-state index in [1.807, 2.05) is 30.3 Å². The Kier molecular flexibility index (Phi) is 3.74. The quantitative estimate of drug-likeness (QED) is 0.620. The van der Waals surface area contributed by atoms with Gasteiger partial charge in [0.05, 0.1) is 6.20 Å². The van der Waals surface area contributed by atoms with E-state index in [9.17, 15) is 4.79 Å². The second-order valence-electron chi connectivity index (χ2n) is 5.70. The van der Waals surface area contributed by atoms with Crippen LogP contribution in [0, 0.1) is 6.92 Å². The van der Waals surface area contributed by atoms with Crippen LogP contribution in [0.3, 0.4) is 0 Å². The van der Waals surface area contributed by atoms with Crippen LogP contribution in [0.2, 0.25) is 0 Å². The number of fused-ring (bicyclic) bond motifs is 1. The van der Waals surface area contributed by atoms with Gasteiger partial charge in [0.2, 0.25) is 5.91 Å². The van der Waals surface area contributed by atoms with Crippen molar-refractivity contribution in [2.45, 2.75) is 13.5 Å². The summed E-state index contributed by atoms with van der Waals surface area (Å²) in [6.07, 6.45) is 1.76. The Morgan fingerprint density at radius 2 is 2.04 bits per heavy atom. The fraction of sp³-hybridized carbons (Fsp3) is 0.111. The molecule has 25 heavy (non-hydrogen) atoms. The molecule has 0 aliphatic heterocycles. The third-order valence-corrected chi connectivity index (χ3v) is 3.81. The van der Waals surface area contributed by atoms with Gasteiger partial charge in [-0.2, -0.15) is 0 Å². The number of hydrogen-bond donors (Lipinski definition) is 1. The number of anilines is 1. The van der Waals surface area contributed by atoms with Gasteiger partial charge in [-0.25, -0.2) is 4.68 Å². The van der Waals surface area contributed by atoms with Crippen molar-refractivity contribution in [2.24, 2.45) is 0 Å². The molecule has 0 saturated carbocycles. The van der Waals surface area contributed by atoms with Gasteiger partial charge in [0.25, 0.3) is 0 Å². The number of rotatable bonds is 4. The average Bonchev–Trinajstić information content (AvgIpc) is 3.23. The van der Waals surface area contributed by atoms with Crippen LogP contribution in [0.5, 0.6) is 0 Å². The first-order valence-electron chi connectivity index (χ1n) is 7.80. The molecule has 7 nitrogen and oxygen atoms in total. The number of aromatic nitrogens is 4. The smallest absolute Gasteiger partial charge is 0.247 e. The summed E-state index contributed by atoms with van der Waals surface area (Å²) in [7, 11) is 0. The first kappa shape index (κ1) is 15.1. The van der Waals surface area contributed by atoms with Crippen molar-refractivity contribution in [3.63, 3.8) is 0 Å². The van der Waals surface area contributed by atoms with Crippen molar-refractivity contribution >= 4 is 22.5 Å². The highest BCUT2D eigenvalue weighted by Crippen LogP contribution is 2.26. The molecule has 1 amide bonds. The van der Waals surface area contributed by atoms with Gasteiger partial charge in [-0.1, -0.05) is 52.8 Å². The summed E-state index contributed by atoms with van der Waals surface area (Å²) in [5, 5.41) is 16.9. The summed E-state index contributed by atoms with van der Waals surface area (Å²) in [6, 6.07) is 15.8. The SMILES string of the molecule is Cc1cc(NC(=O)Cn2cc(-c3cccc4ccccc34)nn2)no1. The molecular formula is C18H15N5O2. The molecular weight excluding hydrogens is 318 g/mol. The van der Waals surface area contributed by atoms with Crippen molar-refractivity contribution in [3.8, 4) is 11.3 Å². The zero-order chi connectivity index (χ0) is 17.2. The summed E-state index contributed by atoms with van der Waals surface area (Å²) in [5.74, 6) is 0.772. The van der Waals surface area contributed by atoms with Crippen LogP contribution < -0.4 is 5.32 Å². The number of nitrogens with zero attached hydrogens (tertiary/aromatic N) is 4. The molecule has 0 aliphatic carbocycles. The molecule has 4 aromatic rings. The Labute approximate surface area is 143 Å². The van der Waals surface area contributed by atoms with E-state index < -0.39 is 0 Å². The number of nitrogens with one attached hydrogen (secondary N) is 1. The number of benzene rings is 2. The second-order valence-corrected chi connectivity index (χ2v) is 5.70. The molecule has 0 fully saturated rings. The predicted molar refractivity (Wildman–Crippen MR) is 92.8 cm³/mol. The average molecular weight is 333 g/mol. The van der Waals surface area contributed by atoms with Gasteiger partial charge < -0.3 is 9.84 Å². The maximum atomic E-state index is 12.1. The van der Waals surface area contributed by atoms with Crippen molar-refractivity contribution in [2.75, 3.05) is 5.32 Å². The predicted octanol–water partition coefficient (Wildman–Crippen LogP) is 3.03. The number of amides is 1. The van der Waals surface area contributed by atoms with E-state index in [0.717, 1.165) is 22.0 Å².